The van der Waals surface area contributed by atoms with Crippen LogP contribution >= 0.6 is 0 Å². The third-order valence-electron chi connectivity index (χ3n) is 3.10. The molecule has 0 radical (unpaired) electrons. The van der Waals surface area contributed by atoms with Crippen LogP contribution in [0.3, 0.4) is 0 Å². The van der Waals surface area contributed by atoms with Gasteiger partial charge in [0.05, 0.1) is 19.8 Å². The topological polar surface area (TPSA) is 74.2 Å². The van der Waals surface area contributed by atoms with Crippen LogP contribution in [0.2, 0.25) is 0 Å². The Kier molecular flexibility index (Phi) is 9.49. The van der Waals surface area contributed by atoms with Gasteiger partial charge in [0.15, 0.2) is 6.10 Å². The molecule has 0 fully saturated rings. The van der Waals surface area contributed by atoms with E-state index in [4.69, 9.17) is 18.9 Å². The lowest BCUT2D eigenvalue weighted by molar-refractivity contribution is -0.164. The molecule has 1 aromatic carbocycles. The summed E-state index contributed by atoms with van der Waals surface area (Å²) in [6, 6.07) is 7.24. The van der Waals surface area contributed by atoms with E-state index in [0.29, 0.717) is 38.8 Å². The summed E-state index contributed by atoms with van der Waals surface area (Å²) in [5, 5.41) is 9.93. The van der Waals surface area contributed by atoms with E-state index in [-0.39, 0.29) is 6.42 Å². The molecule has 1 unspecified atom stereocenters. The summed E-state index contributed by atoms with van der Waals surface area (Å²) in [6.45, 7) is 10.0. The minimum Gasteiger partial charge on any atom is -0.491 e. The number of benzene rings is 1. The molecule has 0 aliphatic heterocycles. The van der Waals surface area contributed by atoms with Crippen molar-refractivity contribution in [3.8, 4) is 5.75 Å². The van der Waals surface area contributed by atoms with Crippen molar-refractivity contribution in [2.24, 2.45) is 0 Å². The largest absolute Gasteiger partial charge is 0.491 e. The average molecular weight is 354 g/mol. The number of hydrogen-bond acceptors (Lipinski definition) is 6. The van der Waals surface area contributed by atoms with Gasteiger partial charge < -0.3 is 24.1 Å². The third-order valence-corrected chi connectivity index (χ3v) is 3.10. The molecule has 1 N–H and O–H groups in total. The lowest BCUT2D eigenvalue weighted by Gasteiger charge is -2.21. The van der Waals surface area contributed by atoms with E-state index in [1.54, 1.807) is 32.9 Å². The molecule has 0 aliphatic carbocycles. The SMILES string of the molecule is CCOCCOCCOc1ccc(CC(O)C(=O)OC(C)(C)C)cc1. The molecule has 1 rings (SSSR count). The van der Waals surface area contributed by atoms with Crippen molar-refractivity contribution in [1.29, 1.82) is 0 Å². The minimum absolute atomic E-state index is 0.204. The van der Waals surface area contributed by atoms with Crippen molar-refractivity contribution >= 4 is 5.97 Å². The van der Waals surface area contributed by atoms with Crippen LogP contribution in [-0.2, 0) is 25.4 Å². The van der Waals surface area contributed by atoms with Gasteiger partial charge >= 0.3 is 5.97 Å². The van der Waals surface area contributed by atoms with Crippen LogP contribution in [-0.4, -0.2) is 55.8 Å². The molecule has 6 heteroatoms. The van der Waals surface area contributed by atoms with E-state index in [2.05, 4.69) is 0 Å². The van der Waals surface area contributed by atoms with Gasteiger partial charge in [0.2, 0.25) is 0 Å². The van der Waals surface area contributed by atoms with Gasteiger partial charge in [-0.25, -0.2) is 4.79 Å². The van der Waals surface area contributed by atoms with Gasteiger partial charge in [0.25, 0.3) is 0 Å². The van der Waals surface area contributed by atoms with E-state index in [1.807, 2.05) is 19.1 Å². The van der Waals surface area contributed by atoms with E-state index in [0.717, 1.165) is 5.56 Å². The van der Waals surface area contributed by atoms with Crippen molar-refractivity contribution in [1.82, 2.24) is 0 Å². The molecule has 0 heterocycles. The van der Waals surface area contributed by atoms with Gasteiger partial charge in [0, 0.05) is 13.0 Å². The highest BCUT2D eigenvalue weighted by Gasteiger charge is 2.23. The number of hydrogen-bond donors (Lipinski definition) is 1. The quantitative estimate of drug-likeness (QED) is 0.486. The maximum Gasteiger partial charge on any atom is 0.335 e. The van der Waals surface area contributed by atoms with E-state index in [9.17, 15) is 9.90 Å². The normalized spacial score (nSPS) is 12.7. The van der Waals surface area contributed by atoms with Gasteiger partial charge in [-0.05, 0) is 45.4 Å². The van der Waals surface area contributed by atoms with Crippen molar-refractivity contribution < 1.29 is 28.8 Å². The van der Waals surface area contributed by atoms with Crippen LogP contribution in [0.15, 0.2) is 24.3 Å². The molecular formula is C19H30O6. The number of rotatable bonds is 11. The predicted octanol–water partition coefficient (Wildman–Crippen LogP) is 2.36. The molecule has 0 amide bonds. The Hall–Kier alpha value is -1.63. The zero-order chi connectivity index (χ0) is 18.7. The van der Waals surface area contributed by atoms with Gasteiger partial charge in [-0.1, -0.05) is 12.1 Å². The zero-order valence-electron chi connectivity index (χ0n) is 15.6. The lowest BCUT2D eigenvalue weighted by Crippen LogP contribution is -2.32. The molecule has 142 valence electrons. The number of ether oxygens (including phenoxy) is 4. The first kappa shape index (κ1) is 21.4. The minimum atomic E-state index is -1.18. The van der Waals surface area contributed by atoms with Crippen molar-refractivity contribution in [2.45, 2.75) is 45.8 Å². The number of carbonyl (C=O) groups excluding carboxylic acids is 1. The molecule has 0 saturated carbocycles. The summed E-state index contributed by atoms with van der Waals surface area (Å²) < 4.78 is 21.3. The number of aliphatic hydroxyl groups is 1. The Labute approximate surface area is 150 Å². The fourth-order valence-electron chi connectivity index (χ4n) is 1.98. The second-order valence-corrected chi connectivity index (χ2v) is 6.56. The molecule has 1 aromatic rings. The van der Waals surface area contributed by atoms with E-state index in [1.165, 1.54) is 0 Å². The van der Waals surface area contributed by atoms with Gasteiger partial charge in [-0.15, -0.1) is 0 Å². The number of esters is 1. The molecule has 0 bridgehead atoms. The van der Waals surface area contributed by atoms with E-state index >= 15 is 0 Å². The summed E-state index contributed by atoms with van der Waals surface area (Å²) in [4.78, 5) is 11.8. The molecular weight excluding hydrogens is 324 g/mol. The third kappa shape index (κ3) is 10.1. The van der Waals surface area contributed by atoms with Gasteiger partial charge in [0.1, 0.15) is 18.0 Å². The molecule has 1 atom stereocenters. The number of carbonyl (C=O) groups is 1. The Morgan fingerprint density at radius 3 is 2.24 bits per heavy atom. The molecule has 6 nitrogen and oxygen atoms in total. The van der Waals surface area contributed by atoms with Crippen LogP contribution in [0, 0.1) is 0 Å². The molecule has 0 saturated heterocycles. The van der Waals surface area contributed by atoms with Crippen LogP contribution in [0.5, 0.6) is 5.75 Å². The predicted molar refractivity (Wildman–Crippen MR) is 94.8 cm³/mol. The Balaban J connectivity index is 2.30. The fourth-order valence-corrected chi connectivity index (χ4v) is 1.98. The highest BCUT2D eigenvalue weighted by Crippen LogP contribution is 2.15. The van der Waals surface area contributed by atoms with Crippen molar-refractivity contribution in [2.75, 3.05) is 33.0 Å². The average Bonchev–Trinajstić information content (AvgIpc) is 2.54. The molecule has 0 spiro atoms. The summed E-state index contributed by atoms with van der Waals surface area (Å²) in [6.07, 6.45) is -0.972. The van der Waals surface area contributed by atoms with Crippen LogP contribution < -0.4 is 4.74 Å². The summed E-state index contributed by atoms with van der Waals surface area (Å²) >= 11 is 0. The lowest BCUT2D eigenvalue weighted by atomic mass is 10.1. The second-order valence-electron chi connectivity index (χ2n) is 6.56. The summed E-state index contributed by atoms with van der Waals surface area (Å²) in [7, 11) is 0. The highest BCUT2D eigenvalue weighted by atomic mass is 16.6. The smallest absolute Gasteiger partial charge is 0.335 e. The molecule has 25 heavy (non-hydrogen) atoms. The fraction of sp³-hybridized carbons (Fsp3) is 0.632. The molecule has 0 aliphatic rings. The van der Waals surface area contributed by atoms with Crippen LogP contribution in [0.4, 0.5) is 0 Å². The maximum absolute atomic E-state index is 11.8. The zero-order valence-corrected chi connectivity index (χ0v) is 15.6. The molecule has 0 aromatic heterocycles. The van der Waals surface area contributed by atoms with E-state index < -0.39 is 17.7 Å². The highest BCUT2D eigenvalue weighted by molar-refractivity contribution is 5.75. The van der Waals surface area contributed by atoms with Crippen LogP contribution in [0.1, 0.15) is 33.3 Å². The standard InChI is InChI=1S/C19H30O6/c1-5-22-10-11-23-12-13-24-16-8-6-15(7-9-16)14-17(20)18(21)25-19(2,3)4/h6-9,17,20H,5,10-14H2,1-4H3. The van der Waals surface area contributed by atoms with Crippen molar-refractivity contribution in [3.05, 3.63) is 29.8 Å². The first-order valence-corrected chi connectivity index (χ1v) is 8.60. The van der Waals surface area contributed by atoms with Crippen LogP contribution in [0.25, 0.3) is 0 Å². The number of aliphatic hydroxyl groups excluding tert-OH is 1. The first-order chi connectivity index (χ1) is 11.8. The Morgan fingerprint density at radius 2 is 1.64 bits per heavy atom. The summed E-state index contributed by atoms with van der Waals surface area (Å²) in [5.74, 6) is 0.0981. The Bertz CT molecular complexity index is 492. The van der Waals surface area contributed by atoms with Gasteiger partial charge in [-0.2, -0.15) is 0 Å². The first-order valence-electron chi connectivity index (χ1n) is 8.60. The Morgan fingerprint density at radius 1 is 1.04 bits per heavy atom. The maximum atomic E-state index is 11.8. The second kappa shape index (κ2) is 11.1. The monoisotopic (exact) mass is 354 g/mol. The van der Waals surface area contributed by atoms with Gasteiger partial charge in [-0.3, -0.25) is 0 Å². The van der Waals surface area contributed by atoms with Crippen molar-refractivity contribution in [3.63, 3.8) is 0 Å². The summed E-state index contributed by atoms with van der Waals surface area (Å²) in [5.41, 5.74) is 0.221.